The van der Waals surface area contributed by atoms with E-state index in [9.17, 15) is 14.7 Å². The number of amides is 1. The van der Waals surface area contributed by atoms with Gasteiger partial charge in [-0.2, -0.15) is 5.10 Å². The molecular formula is C27H29N7O3. The molecule has 0 saturated heterocycles. The van der Waals surface area contributed by atoms with Crippen LogP contribution >= 0.6 is 0 Å². The van der Waals surface area contributed by atoms with Crippen molar-refractivity contribution in [1.29, 1.82) is 0 Å². The van der Waals surface area contributed by atoms with Crippen LogP contribution in [0.15, 0.2) is 47.7 Å². The van der Waals surface area contributed by atoms with Gasteiger partial charge in [0.05, 0.1) is 6.61 Å². The van der Waals surface area contributed by atoms with Gasteiger partial charge in [0.2, 0.25) is 0 Å². The van der Waals surface area contributed by atoms with Gasteiger partial charge in [0.25, 0.3) is 11.5 Å². The Morgan fingerprint density at radius 2 is 2.00 bits per heavy atom. The second kappa shape index (κ2) is 8.45. The second-order valence-corrected chi connectivity index (χ2v) is 10.6. The minimum absolute atomic E-state index is 0.112. The van der Waals surface area contributed by atoms with Crippen molar-refractivity contribution >= 4 is 23.2 Å². The van der Waals surface area contributed by atoms with Gasteiger partial charge in [0.15, 0.2) is 5.82 Å². The lowest BCUT2D eigenvalue weighted by atomic mass is 9.90. The number of rotatable bonds is 5. The third-order valence-electron chi connectivity index (χ3n) is 7.33. The zero-order valence-corrected chi connectivity index (χ0v) is 21.1. The quantitative estimate of drug-likeness (QED) is 0.388. The average Bonchev–Trinajstić information content (AvgIpc) is 3.57. The van der Waals surface area contributed by atoms with Crippen LogP contribution in [0.1, 0.15) is 41.2 Å². The highest BCUT2D eigenvalue weighted by atomic mass is 16.3. The van der Waals surface area contributed by atoms with Crippen LogP contribution in [-0.4, -0.2) is 41.9 Å². The van der Waals surface area contributed by atoms with E-state index in [4.69, 9.17) is 0 Å². The summed E-state index contributed by atoms with van der Waals surface area (Å²) >= 11 is 0. The van der Waals surface area contributed by atoms with Crippen molar-refractivity contribution in [2.75, 3.05) is 16.8 Å². The Morgan fingerprint density at radius 1 is 1.16 bits per heavy atom. The number of carbonyl (C=O) groups is 1. The number of H-pyrrole nitrogens is 1. The summed E-state index contributed by atoms with van der Waals surface area (Å²) in [6, 6.07) is 7.27. The van der Waals surface area contributed by atoms with Crippen molar-refractivity contribution in [1.82, 2.24) is 24.3 Å². The largest absolute Gasteiger partial charge is 0.392 e. The molecule has 4 aromatic heterocycles. The molecule has 0 spiro atoms. The van der Waals surface area contributed by atoms with Gasteiger partial charge in [-0.15, -0.1) is 0 Å². The first-order chi connectivity index (χ1) is 17.8. The van der Waals surface area contributed by atoms with Crippen LogP contribution in [-0.2, 0) is 33.0 Å². The molecule has 3 N–H and O–H groups in total. The highest BCUT2D eigenvalue weighted by Crippen LogP contribution is 2.40. The van der Waals surface area contributed by atoms with E-state index < -0.39 is 0 Å². The van der Waals surface area contributed by atoms with Crippen LogP contribution in [0.25, 0.3) is 11.1 Å². The summed E-state index contributed by atoms with van der Waals surface area (Å²) in [6.45, 7) is 5.36. The number of aromatic amines is 1. The normalized spacial score (nSPS) is 16.1. The number of aromatic nitrogens is 5. The summed E-state index contributed by atoms with van der Waals surface area (Å²) in [7, 11) is 1.67. The van der Waals surface area contributed by atoms with Gasteiger partial charge in [-0.1, -0.05) is 13.8 Å². The molecule has 1 amide bonds. The smallest absolute Gasteiger partial charge is 0.276 e. The topological polar surface area (TPSA) is 121 Å². The molecule has 1 aliphatic heterocycles. The summed E-state index contributed by atoms with van der Waals surface area (Å²) in [5.41, 5.74) is 5.49. The minimum atomic E-state index is -0.307. The first-order valence-corrected chi connectivity index (χ1v) is 12.4. The molecule has 0 fully saturated rings. The Balaban J connectivity index is 1.39. The van der Waals surface area contributed by atoms with Gasteiger partial charge in [-0.05, 0) is 47.6 Å². The van der Waals surface area contributed by atoms with E-state index in [2.05, 4.69) is 38.9 Å². The fourth-order valence-corrected chi connectivity index (χ4v) is 5.67. The lowest BCUT2D eigenvalue weighted by Gasteiger charge is -2.31. The number of hydrogen-bond acceptors (Lipinski definition) is 6. The number of nitrogens with zero attached hydrogens (tertiary/aromatic N) is 5. The molecule has 5 heterocycles. The molecule has 4 aromatic rings. The summed E-state index contributed by atoms with van der Waals surface area (Å²) < 4.78 is 3.64. The number of hydrogen-bond donors (Lipinski definition) is 3. The second-order valence-electron chi connectivity index (χ2n) is 10.6. The Morgan fingerprint density at radius 3 is 2.76 bits per heavy atom. The Labute approximate surface area is 213 Å². The molecule has 0 bridgehead atoms. The van der Waals surface area contributed by atoms with E-state index in [1.165, 1.54) is 15.8 Å². The standard InChI is InChI=1S/C27H29N7O3/c1-27(2)12-16-11-21-26(37)34(9-8-33(21)22(16)13-27)24-19(15-35)18(4-6-28-24)17-10-20(25(36)32(3)14-17)30-23-5-7-29-31-23/h4-7,10-11,14,35H,8-9,12-13,15H2,1-3H3,(H2,29,30,31). The van der Waals surface area contributed by atoms with Gasteiger partial charge in [-0.3, -0.25) is 19.6 Å². The molecule has 0 atom stereocenters. The molecular weight excluding hydrogens is 470 g/mol. The first kappa shape index (κ1) is 23.2. The maximum absolute atomic E-state index is 13.6. The predicted molar refractivity (Wildman–Crippen MR) is 140 cm³/mol. The Hall–Kier alpha value is -4.18. The number of pyridine rings is 2. The fourth-order valence-electron chi connectivity index (χ4n) is 5.67. The molecule has 0 radical (unpaired) electrons. The number of nitrogens with one attached hydrogen (secondary N) is 2. The van der Waals surface area contributed by atoms with Gasteiger partial charge in [0, 0.05) is 61.6 Å². The van der Waals surface area contributed by atoms with Gasteiger partial charge < -0.3 is 19.6 Å². The summed E-state index contributed by atoms with van der Waals surface area (Å²) in [5, 5.41) is 20.3. The van der Waals surface area contributed by atoms with E-state index in [-0.39, 0.29) is 23.5 Å². The predicted octanol–water partition coefficient (Wildman–Crippen LogP) is 2.99. The monoisotopic (exact) mass is 499 g/mol. The molecule has 2 aliphatic rings. The van der Waals surface area contributed by atoms with E-state index in [1.54, 1.807) is 48.7 Å². The zero-order chi connectivity index (χ0) is 25.9. The minimum Gasteiger partial charge on any atom is -0.392 e. The van der Waals surface area contributed by atoms with Crippen LogP contribution < -0.4 is 15.8 Å². The molecule has 6 rings (SSSR count). The van der Waals surface area contributed by atoms with Crippen molar-refractivity contribution in [3.8, 4) is 11.1 Å². The number of anilines is 3. The SMILES string of the molecule is Cn1cc(-c2ccnc(N3CCn4c(cc5c4CC(C)(C)C5)C3=O)c2CO)cc(Nc2cc[nH]n2)c1=O. The highest BCUT2D eigenvalue weighted by Gasteiger charge is 2.37. The summed E-state index contributed by atoms with van der Waals surface area (Å²) in [6.07, 6.45) is 6.95. The van der Waals surface area contributed by atoms with Crippen LogP contribution in [0.2, 0.25) is 0 Å². The van der Waals surface area contributed by atoms with Crippen molar-refractivity contribution in [2.24, 2.45) is 12.5 Å². The third-order valence-corrected chi connectivity index (χ3v) is 7.33. The maximum Gasteiger partial charge on any atom is 0.276 e. The van der Waals surface area contributed by atoms with Crippen molar-refractivity contribution in [3.05, 3.63) is 75.7 Å². The summed E-state index contributed by atoms with van der Waals surface area (Å²) in [4.78, 5) is 32.6. The number of aryl methyl sites for hydroxylation is 1. The number of aliphatic hydroxyl groups is 1. The molecule has 190 valence electrons. The van der Waals surface area contributed by atoms with Crippen LogP contribution in [0.4, 0.5) is 17.3 Å². The fraction of sp³-hybridized carbons (Fsp3) is 0.333. The average molecular weight is 500 g/mol. The molecule has 10 nitrogen and oxygen atoms in total. The maximum atomic E-state index is 13.6. The molecule has 10 heteroatoms. The molecule has 1 aliphatic carbocycles. The van der Waals surface area contributed by atoms with Crippen molar-refractivity contribution in [3.63, 3.8) is 0 Å². The van der Waals surface area contributed by atoms with E-state index in [0.717, 1.165) is 12.8 Å². The number of carbonyl (C=O) groups excluding carboxylic acids is 1. The van der Waals surface area contributed by atoms with Gasteiger partial charge in [-0.25, -0.2) is 4.98 Å². The molecule has 0 unspecified atom stereocenters. The van der Waals surface area contributed by atoms with E-state index in [1.807, 2.05) is 6.07 Å². The van der Waals surface area contributed by atoms with Crippen LogP contribution in [0, 0.1) is 5.41 Å². The highest BCUT2D eigenvalue weighted by molar-refractivity contribution is 6.06. The lowest BCUT2D eigenvalue weighted by molar-refractivity contribution is 0.0962. The third kappa shape index (κ3) is 3.84. The van der Waals surface area contributed by atoms with Crippen molar-refractivity contribution in [2.45, 2.75) is 39.8 Å². The van der Waals surface area contributed by atoms with Crippen LogP contribution in [0.5, 0.6) is 0 Å². The van der Waals surface area contributed by atoms with Gasteiger partial charge >= 0.3 is 0 Å². The van der Waals surface area contributed by atoms with E-state index >= 15 is 0 Å². The molecule has 37 heavy (non-hydrogen) atoms. The first-order valence-electron chi connectivity index (χ1n) is 12.4. The lowest BCUT2D eigenvalue weighted by Crippen LogP contribution is -2.41. The molecule has 0 saturated carbocycles. The molecule has 0 aromatic carbocycles. The zero-order valence-electron chi connectivity index (χ0n) is 21.1. The van der Waals surface area contributed by atoms with Crippen molar-refractivity contribution < 1.29 is 9.90 Å². The Kier molecular flexibility index (Phi) is 5.30. The van der Waals surface area contributed by atoms with Gasteiger partial charge in [0.1, 0.15) is 17.2 Å². The Bertz CT molecular complexity index is 1580. The van der Waals surface area contributed by atoms with E-state index in [0.29, 0.717) is 52.8 Å². The number of aliphatic hydroxyl groups excluding tert-OH is 1. The summed E-state index contributed by atoms with van der Waals surface area (Å²) in [5.74, 6) is 0.844. The number of fused-ring (bicyclic) bond motifs is 3. The van der Waals surface area contributed by atoms with Crippen LogP contribution in [0.3, 0.4) is 0 Å².